The topological polar surface area (TPSA) is 110 Å². The van der Waals surface area contributed by atoms with Crippen molar-refractivity contribution < 1.29 is 27.4 Å². The van der Waals surface area contributed by atoms with Crippen LogP contribution in [0, 0.1) is 0 Å². The molecule has 45 heavy (non-hydrogen) atoms. The van der Waals surface area contributed by atoms with Crippen LogP contribution in [0.2, 0.25) is 0 Å². The SMILES string of the molecule is C=CC(=O)Nc1cc(Nc2ncc(C(F)(F)F)c(-n3c(C4CC4)nc4cc(OC)ccc43)n2)c(OC)cc1N(C)CCN(C)C. The van der Waals surface area contributed by atoms with Crippen LogP contribution < -0.4 is 25.0 Å². The fraction of sp³-hybridized carbons (Fsp3) is 0.355. The Morgan fingerprint density at radius 1 is 1.09 bits per heavy atom. The van der Waals surface area contributed by atoms with Crippen LogP contribution in [-0.2, 0) is 11.0 Å². The summed E-state index contributed by atoms with van der Waals surface area (Å²) >= 11 is 0. The second-order valence-electron chi connectivity index (χ2n) is 11.0. The van der Waals surface area contributed by atoms with E-state index < -0.39 is 17.6 Å². The fourth-order valence-electron chi connectivity index (χ4n) is 4.87. The summed E-state index contributed by atoms with van der Waals surface area (Å²) in [5.41, 5.74) is 1.38. The van der Waals surface area contributed by atoms with Gasteiger partial charge in [-0.1, -0.05) is 6.58 Å². The highest BCUT2D eigenvalue weighted by Gasteiger charge is 2.39. The van der Waals surface area contributed by atoms with E-state index in [0.29, 0.717) is 52.0 Å². The smallest absolute Gasteiger partial charge is 0.421 e. The van der Waals surface area contributed by atoms with E-state index in [1.165, 1.54) is 18.8 Å². The maximum absolute atomic E-state index is 14.4. The molecule has 5 rings (SSSR count). The molecule has 1 fully saturated rings. The lowest BCUT2D eigenvalue weighted by Crippen LogP contribution is -2.29. The highest BCUT2D eigenvalue weighted by Crippen LogP contribution is 2.44. The third kappa shape index (κ3) is 6.80. The summed E-state index contributed by atoms with van der Waals surface area (Å²) in [6.07, 6.45) is -1.22. The molecule has 2 N–H and O–H groups in total. The summed E-state index contributed by atoms with van der Waals surface area (Å²) in [5, 5.41) is 5.82. The van der Waals surface area contributed by atoms with Crippen LogP contribution in [0.5, 0.6) is 11.5 Å². The van der Waals surface area contributed by atoms with E-state index >= 15 is 0 Å². The van der Waals surface area contributed by atoms with Crippen molar-refractivity contribution in [1.82, 2.24) is 24.4 Å². The number of rotatable bonds is 12. The molecule has 11 nitrogen and oxygen atoms in total. The minimum absolute atomic E-state index is 0.00371. The van der Waals surface area contributed by atoms with Crippen molar-refractivity contribution in [1.29, 1.82) is 0 Å². The quantitative estimate of drug-likeness (QED) is 0.195. The Balaban J connectivity index is 1.62. The number of amides is 1. The molecule has 0 radical (unpaired) electrons. The molecule has 2 heterocycles. The van der Waals surface area contributed by atoms with E-state index in [-0.39, 0.29) is 17.7 Å². The summed E-state index contributed by atoms with van der Waals surface area (Å²) in [6.45, 7) is 4.92. The predicted octanol–water partition coefficient (Wildman–Crippen LogP) is 5.59. The third-order valence-corrected chi connectivity index (χ3v) is 7.42. The van der Waals surface area contributed by atoms with Crippen LogP contribution in [0.15, 0.2) is 49.2 Å². The number of alkyl halides is 3. The maximum Gasteiger partial charge on any atom is 0.421 e. The number of hydrogen-bond acceptors (Lipinski definition) is 9. The first-order valence-electron chi connectivity index (χ1n) is 14.2. The van der Waals surface area contributed by atoms with Crippen LogP contribution in [-0.4, -0.2) is 78.8 Å². The number of methoxy groups -OCH3 is 2. The standard InChI is InChI=1S/C31H35F3N8O3/c1-7-27(43)36-22-15-23(26(45-6)16-25(22)41(4)13-12-40(2)3)38-30-35-17-20(31(32,33)34)29(39-30)42-24-11-10-19(44-5)14-21(24)37-28(42)18-8-9-18/h7,10-11,14-18H,1,8-9,12-13H2,2-6H3,(H,36,43)(H,35,38,39). The van der Waals surface area contributed by atoms with Crippen molar-refractivity contribution in [3.8, 4) is 17.3 Å². The number of hydrogen-bond donors (Lipinski definition) is 2. The van der Waals surface area contributed by atoms with Crippen LogP contribution in [0.25, 0.3) is 16.9 Å². The zero-order valence-corrected chi connectivity index (χ0v) is 25.7. The summed E-state index contributed by atoms with van der Waals surface area (Å²) in [5.74, 6) is 0.504. The van der Waals surface area contributed by atoms with Crippen molar-refractivity contribution in [3.63, 3.8) is 0 Å². The van der Waals surface area contributed by atoms with E-state index in [2.05, 4.69) is 32.2 Å². The molecule has 1 amide bonds. The number of ether oxygens (including phenoxy) is 2. The molecule has 1 saturated carbocycles. The Bertz CT molecular complexity index is 1730. The molecular weight excluding hydrogens is 589 g/mol. The summed E-state index contributed by atoms with van der Waals surface area (Å²) in [4.78, 5) is 29.4. The molecule has 0 aliphatic heterocycles. The van der Waals surface area contributed by atoms with Gasteiger partial charge in [-0.2, -0.15) is 18.2 Å². The Morgan fingerprint density at radius 3 is 2.47 bits per heavy atom. The minimum Gasteiger partial charge on any atom is -0.497 e. The fourth-order valence-corrected chi connectivity index (χ4v) is 4.87. The van der Waals surface area contributed by atoms with E-state index in [1.54, 1.807) is 30.3 Å². The second-order valence-corrected chi connectivity index (χ2v) is 11.0. The highest BCUT2D eigenvalue weighted by molar-refractivity contribution is 6.02. The molecule has 2 aromatic carbocycles. The summed E-state index contributed by atoms with van der Waals surface area (Å²) in [6, 6.07) is 8.38. The number of imidazole rings is 1. The molecule has 0 spiro atoms. The van der Waals surface area contributed by atoms with Gasteiger partial charge in [0.1, 0.15) is 22.9 Å². The molecule has 4 aromatic rings. The van der Waals surface area contributed by atoms with E-state index in [1.807, 2.05) is 30.9 Å². The number of likely N-dealkylation sites (N-methyl/N-ethyl adjacent to an activating group) is 2. The van der Waals surface area contributed by atoms with Gasteiger partial charge in [-0.05, 0) is 51.2 Å². The molecule has 238 valence electrons. The number of halogens is 3. The van der Waals surface area contributed by atoms with Gasteiger partial charge >= 0.3 is 6.18 Å². The van der Waals surface area contributed by atoms with Gasteiger partial charge in [0.05, 0.1) is 42.3 Å². The predicted molar refractivity (Wildman–Crippen MR) is 167 cm³/mol. The highest BCUT2D eigenvalue weighted by atomic mass is 19.4. The number of anilines is 4. The molecule has 1 aliphatic carbocycles. The molecular formula is C31H35F3N8O3. The number of aromatic nitrogens is 4. The van der Waals surface area contributed by atoms with Crippen LogP contribution in [0.3, 0.4) is 0 Å². The molecule has 0 saturated heterocycles. The normalized spacial score (nSPS) is 13.2. The summed E-state index contributed by atoms with van der Waals surface area (Å²) < 4.78 is 55.6. The number of benzene rings is 2. The van der Waals surface area contributed by atoms with E-state index in [4.69, 9.17) is 9.47 Å². The first kappa shape index (κ1) is 31.6. The number of nitrogens with one attached hydrogen (secondary N) is 2. The first-order valence-corrected chi connectivity index (χ1v) is 14.2. The van der Waals surface area contributed by atoms with Crippen molar-refractivity contribution in [2.45, 2.75) is 24.9 Å². The summed E-state index contributed by atoms with van der Waals surface area (Å²) in [7, 11) is 8.77. The molecule has 0 unspecified atom stereocenters. The van der Waals surface area contributed by atoms with Crippen molar-refractivity contribution in [2.75, 3.05) is 64.0 Å². The van der Waals surface area contributed by atoms with E-state index in [9.17, 15) is 18.0 Å². The third-order valence-electron chi connectivity index (χ3n) is 7.42. The Morgan fingerprint density at radius 2 is 1.84 bits per heavy atom. The average Bonchev–Trinajstić information content (AvgIpc) is 3.79. The molecule has 14 heteroatoms. The number of carbonyl (C=O) groups excluding carboxylic acids is 1. The van der Waals surface area contributed by atoms with Gasteiger partial charge in [-0.3, -0.25) is 9.36 Å². The van der Waals surface area contributed by atoms with Crippen LogP contribution in [0.4, 0.5) is 36.2 Å². The van der Waals surface area contributed by atoms with Crippen molar-refractivity contribution >= 4 is 40.0 Å². The lowest BCUT2D eigenvalue weighted by Gasteiger charge is -2.26. The first-order chi connectivity index (χ1) is 21.4. The Labute approximate surface area is 258 Å². The van der Waals surface area contributed by atoms with Crippen LogP contribution >= 0.6 is 0 Å². The van der Waals surface area contributed by atoms with Gasteiger partial charge in [-0.25, -0.2) is 9.97 Å². The molecule has 0 atom stereocenters. The zero-order valence-electron chi connectivity index (χ0n) is 25.7. The van der Waals surface area contributed by atoms with Gasteiger partial charge in [-0.15, -0.1) is 0 Å². The zero-order chi connectivity index (χ0) is 32.5. The largest absolute Gasteiger partial charge is 0.497 e. The molecule has 0 bridgehead atoms. The number of nitrogens with zero attached hydrogens (tertiary/aromatic N) is 6. The average molecular weight is 625 g/mol. The van der Waals surface area contributed by atoms with Gasteiger partial charge in [0.25, 0.3) is 0 Å². The number of fused-ring (bicyclic) bond motifs is 1. The second kappa shape index (κ2) is 12.6. The van der Waals surface area contributed by atoms with Gasteiger partial charge in [0.15, 0.2) is 5.82 Å². The number of carbonyl (C=O) groups is 1. The maximum atomic E-state index is 14.4. The van der Waals surface area contributed by atoms with Gasteiger partial charge < -0.3 is 29.9 Å². The minimum atomic E-state index is -4.74. The Kier molecular flexibility index (Phi) is 8.87. The van der Waals surface area contributed by atoms with Crippen LogP contribution in [0.1, 0.15) is 30.1 Å². The lowest BCUT2D eigenvalue weighted by molar-refractivity contribution is -0.138. The van der Waals surface area contributed by atoms with Gasteiger partial charge in [0.2, 0.25) is 11.9 Å². The van der Waals surface area contributed by atoms with Gasteiger partial charge in [0, 0.05) is 44.4 Å². The lowest BCUT2D eigenvalue weighted by atomic mass is 10.2. The molecule has 2 aromatic heterocycles. The van der Waals surface area contributed by atoms with Crippen molar-refractivity contribution in [3.05, 3.63) is 60.6 Å². The Hall–Kier alpha value is -4.85. The van der Waals surface area contributed by atoms with Crippen molar-refractivity contribution in [2.24, 2.45) is 0 Å². The van der Waals surface area contributed by atoms with E-state index in [0.717, 1.165) is 31.7 Å². The monoisotopic (exact) mass is 624 g/mol. The molecule has 1 aliphatic rings.